The Morgan fingerprint density at radius 3 is 1.42 bits per heavy atom. The molecule has 1 heterocycles. The fraction of sp³-hybridized carbons (Fsp3) is 0.163. The lowest BCUT2D eigenvalue weighted by atomic mass is 9.44. The van der Waals surface area contributed by atoms with E-state index in [1.807, 2.05) is 0 Å². The first-order valence-electron chi connectivity index (χ1n) is 16.2. The van der Waals surface area contributed by atoms with Crippen molar-refractivity contribution in [2.75, 3.05) is 4.81 Å². The minimum atomic E-state index is -0.406. The number of nitrogens with zero attached hydrogens (tertiary/aromatic N) is 1. The van der Waals surface area contributed by atoms with Crippen molar-refractivity contribution in [2.24, 2.45) is 0 Å². The summed E-state index contributed by atoms with van der Waals surface area (Å²) in [6.45, 7) is 13.6. The molecule has 8 rings (SSSR count). The number of rotatable bonds is 3. The van der Waals surface area contributed by atoms with E-state index in [2.05, 4.69) is 168 Å². The molecule has 45 heavy (non-hydrogen) atoms. The predicted octanol–water partition coefficient (Wildman–Crippen LogP) is 9.16. The van der Waals surface area contributed by atoms with E-state index in [-0.39, 0.29) is 6.85 Å². The van der Waals surface area contributed by atoms with Crippen LogP contribution in [0.4, 0.5) is 11.4 Å². The SMILES string of the molecule is Cc1cc(C)c(B(c2cc(C)c(C)cc2C)N2c3ccccc3C3(c4ccccc4-c4ccccc43)c3ccccc32)c(C)c1. The molecular weight excluding hydrogens is 541 g/mol. The lowest BCUT2D eigenvalue weighted by molar-refractivity contribution is 0.756. The maximum atomic E-state index is 2.67. The fourth-order valence-electron chi connectivity index (χ4n) is 8.69. The molecule has 0 unspecified atom stereocenters. The summed E-state index contributed by atoms with van der Waals surface area (Å²) in [6, 6.07) is 46.1. The highest BCUT2D eigenvalue weighted by molar-refractivity contribution is 6.90. The Hall–Kier alpha value is -4.82. The number of fused-ring (bicyclic) bond motifs is 9. The van der Waals surface area contributed by atoms with E-state index in [4.69, 9.17) is 0 Å². The van der Waals surface area contributed by atoms with Gasteiger partial charge in [-0.1, -0.05) is 131 Å². The van der Waals surface area contributed by atoms with Crippen molar-refractivity contribution in [1.29, 1.82) is 0 Å². The summed E-state index contributed by atoms with van der Waals surface area (Å²) in [5, 5.41) is 0. The molecule has 6 aromatic rings. The fourth-order valence-corrected chi connectivity index (χ4v) is 8.69. The van der Waals surface area contributed by atoms with Gasteiger partial charge in [-0.15, -0.1) is 0 Å². The monoisotopic (exact) mass is 579 g/mol. The Labute approximate surface area is 268 Å². The molecule has 2 heteroatoms. The van der Waals surface area contributed by atoms with Gasteiger partial charge in [0.25, 0.3) is 0 Å². The molecule has 0 saturated heterocycles. The van der Waals surface area contributed by atoms with Crippen LogP contribution in [0.1, 0.15) is 55.6 Å². The molecule has 0 saturated carbocycles. The third-order valence-electron chi connectivity index (χ3n) is 10.5. The number of anilines is 2. The van der Waals surface area contributed by atoms with Gasteiger partial charge in [0.05, 0.1) is 5.41 Å². The zero-order valence-electron chi connectivity index (χ0n) is 27.1. The predicted molar refractivity (Wildman–Crippen MR) is 192 cm³/mol. The van der Waals surface area contributed by atoms with Crippen LogP contribution in [0, 0.1) is 41.5 Å². The maximum Gasteiger partial charge on any atom is 0.328 e. The molecule has 0 bridgehead atoms. The summed E-state index contributed by atoms with van der Waals surface area (Å²) < 4.78 is 0. The third-order valence-corrected chi connectivity index (χ3v) is 10.5. The van der Waals surface area contributed by atoms with Crippen molar-refractivity contribution in [3.05, 3.63) is 177 Å². The average Bonchev–Trinajstić information content (AvgIpc) is 3.33. The number of benzene rings is 6. The zero-order chi connectivity index (χ0) is 31.0. The van der Waals surface area contributed by atoms with Crippen molar-refractivity contribution in [1.82, 2.24) is 0 Å². The molecule has 1 spiro atoms. The van der Waals surface area contributed by atoms with Gasteiger partial charge in [-0.05, 0) is 109 Å². The lowest BCUT2D eigenvalue weighted by Crippen LogP contribution is -2.59. The molecule has 0 atom stereocenters. The summed E-state index contributed by atoms with van der Waals surface area (Å²) in [4.78, 5) is 2.67. The van der Waals surface area contributed by atoms with Crippen LogP contribution in [0.5, 0.6) is 0 Å². The van der Waals surface area contributed by atoms with Gasteiger partial charge in [-0.2, -0.15) is 0 Å². The van der Waals surface area contributed by atoms with E-state index < -0.39 is 5.41 Å². The topological polar surface area (TPSA) is 3.24 Å². The van der Waals surface area contributed by atoms with Gasteiger partial charge >= 0.3 is 6.85 Å². The maximum absolute atomic E-state index is 2.67. The van der Waals surface area contributed by atoms with E-state index in [1.165, 1.54) is 89.1 Å². The lowest BCUT2D eigenvalue weighted by Gasteiger charge is -2.47. The van der Waals surface area contributed by atoms with Crippen LogP contribution in [0.3, 0.4) is 0 Å². The van der Waals surface area contributed by atoms with Gasteiger partial charge in [0.2, 0.25) is 0 Å². The summed E-state index contributed by atoms with van der Waals surface area (Å²) in [6.07, 6.45) is 0. The van der Waals surface area contributed by atoms with E-state index in [0.29, 0.717) is 0 Å². The van der Waals surface area contributed by atoms with Gasteiger partial charge in [0.15, 0.2) is 0 Å². The van der Waals surface area contributed by atoms with Crippen LogP contribution >= 0.6 is 0 Å². The second-order valence-electron chi connectivity index (χ2n) is 13.3. The second-order valence-corrected chi connectivity index (χ2v) is 13.3. The van der Waals surface area contributed by atoms with Crippen molar-refractivity contribution < 1.29 is 0 Å². The quantitative estimate of drug-likeness (QED) is 0.189. The Bertz CT molecular complexity index is 2040. The average molecular weight is 580 g/mol. The summed E-state index contributed by atoms with van der Waals surface area (Å²) >= 11 is 0. The molecule has 0 aromatic heterocycles. The van der Waals surface area contributed by atoms with E-state index in [0.717, 1.165) is 0 Å². The molecule has 0 radical (unpaired) electrons. The van der Waals surface area contributed by atoms with Crippen molar-refractivity contribution in [3.8, 4) is 11.1 Å². The van der Waals surface area contributed by atoms with E-state index in [9.17, 15) is 0 Å². The van der Waals surface area contributed by atoms with Crippen LogP contribution < -0.4 is 15.7 Å². The largest absolute Gasteiger partial charge is 0.376 e. The van der Waals surface area contributed by atoms with Crippen LogP contribution in [0.15, 0.2) is 121 Å². The van der Waals surface area contributed by atoms with Gasteiger partial charge < -0.3 is 4.81 Å². The molecule has 0 N–H and O–H groups in total. The number of hydrogen-bond acceptors (Lipinski definition) is 1. The minimum absolute atomic E-state index is 0.00330. The normalized spacial score (nSPS) is 13.7. The smallest absolute Gasteiger partial charge is 0.328 e. The van der Waals surface area contributed by atoms with Crippen molar-refractivity contribution in [2.45, 2.75) is 47.0 Å². The van der Waals surface area contributed by atoms with Crippen molar-refractivity contribution >= 4 is 29.1 Å². The Morgan fingerprint density at radius 1 is 0.444 bits per heavy atom. The molecular formula is C43H38BN. The molecule has 1 aliphatic heterocycles. The standard InChI is InChI=1S/C43H38BN/c1-27-23-31(5)42(32(6)24-27)44(39-26-29(3)28(2)25-30(39)4)45-40-21-13-11-19-37(40)43(38-20-12-14-22-41(38)45)35-17-9-7-15-33(35)34-16-8-10-18-36(34)43/h7-26H,1-6H3. The molecule has 1 aliphatic carbocycles. The van der Waals surface area contributed by atoms with E-state index in [1.54, 1.807) is 0 Å². The highest BCUT2D eigenvalue weighted by Crippen LogP contribution is 2.62. The van der Waals surface area contributed by atoms with Crippen LogP contribution in [-0.2, 0) is 5.41 Å². The van der Waals surface area contributed by atoms with Crippen LogP contribution in [0.2, 0.25) is 0 Å². The van der Waals surface area contributed by atoms with Gasteiger partial charge in [-0.3, -0.25) is 0 Å². The van der Waals surface area contributed by atoms with Gasteiger partial charge in [-0.25, -0.2) is 0 Å². The Kier molecular flexibility index (Phi) is 6.22. The van der Waals surface area contributed by atoms with Gasteiger partial charge in [0.1, 0.15) is 0 Å². The summed E-state index contributed by atoms with van der Waals surface area (Å²) in [5.74, 6) is 0. The highest BCUT2D eigenvalue weighted by Gasteiger charge is 2.52. The first kappa shape index (κ1) is 27.7. The number of para-hydroxylation sites is 2. The molecule has 0 fully saturated rings. The third kappa shape index (κ3) is 3.81. The van der Waals surface area contributed by atoms with Crippen molar-refractivity contribution in [3.63, 3.8) is 0 Å². The first-order chi connectivity index (χ1) is 21.8. The summed E-state index contributed by atoms with van der Waals surface area (Å²) in [5.41, 5.74) is 20.9. The Balaban J connectivity index is 1.52. The van der Waals surface area contributed by atoms with E-state index >= 15 is 0 Å². The molecule has 218 valence electrons. The molecule has 2 aliphatic rings. The molecule has 6 aromatic carbocycles. The first-order valence-corrected chi connectivity index (χ1v) is 16.2. The number of hydrogen-bond donors (Lipinski definition) is 0. The zero-order valence-corrected chi connectivity index (χ0v) is 27.1. The Morgan fingerprint density at radius 2 is 0.889 bits per heavy atom. The van der Waals surface area contributed by atoms with Crippen LogP contribution in [0.25, 0.3) is 11.1 Å². The number of aryl methyl sites for hydroxylation is 6. The molecule has 0 amide bonds. The van der Waals surface area contributed by atoms with Crippen LogP contribution in [-0.4, -0.2) is 6.85 Å². The highest BCUT2D eigenvalue weighted by atomic mass is 15.1. The second kappa shape index (κ2) is 10.1. The molecule has 1 nitrogen and oxygen atoms in total. The summed E-state index contributed by atoms with van der Waals surface area (Å²) in [7, 11) is 0. The minimum Gasteiger partial charge on any atom is -0.376 e. The van der Waals surface area contributed by atoms with Gasteiger partial charge in [0, 0.05) is 11.4 Å².